The summed E-state index contributed by atoms with van der Waals surface area (Å²) in [7, 11) is 1.49. The number of aromatic nitrogens is 2. The second kappa shape index (κ2) is 5.15. The van der Waals surface area contributed by atoms with Crippen LogP contribution in [0.4, 0.5) is 15.9 Å². The van der Waals surface area contributed by atoms with E-state index in [4.69, 9.17) is 11.6 Å². The minimum absolute atomic E-state index is 0.0335. The van der Waals surface area contributed by atoms with E-state index in [1.165, 1.54) is 13.1 Å². The van der Waals surface area contributed by atoms with Crippen molar-refractivity contribution in [3.63, 3.8) is 0 Å². The summed E-state index contributed by atoms with van der Waals surface area (Å²) in [4.78, 5) is 18.1. The van der Waals surface area contributed by atoms with Gasteiger partial charge in [0.25, 0.3) is 0 Å². The quantitative estimate of drug-likeness (QED) is 0.691. The third kappa shape index (κ3) is 2.45. The molecule has 0 fully saturated rings. The van der Waals surface area contributed by atoms with Crippen LogP contribution >= 0.6 is 11.6 Å². The molecule has 0 radical (unpaired) electrons. The highest BCUT2D eigenvalue weighted by molar-refractivity contribution is 6.33. The SMILES string of the molecule is CNc1ncnc(-c2cc(F)ccc2Cl)c1[N+](=O)[O-]. The zero-order valence-corrected chi connectivity index (χ0v) is 10.5. The summed E-state index contributed by atoms with van der Waals surface area (Å²) in [6.07, 6.45) is 1.15. The Labute approximate surface area is 112 Å². The molecule has 98 valence electrons. The van der Waals surface area contributed by atoms with E-state index in [0.29, 0.717) is 0 Å². The van der Waals surface area contributed by atoms with Gasteiger partial charge in [-0.05, 0) is 18.2 Å². The number of anilines is 1. The average molecular weight is 283 g/mol. The lowest BCUT2D eigenvalue weighted by Crippen LogP contribution is -2.03. The van der Waals surface area contributed by atoms with Gasteiger partial charge in [0.1, 0.15) is 12.1 Å². The summed E-state index contributed by atoms with van der Waals surface area (Å²) in [5.41, 5.74) is -0.237. The van der Waals surface area contributed by atoms with Crippen LogP contribution in [-0.4, -0.2) is 21.9 Å². The summed E-state index contributed by atoms with van der Waals surface area (Å²) < 4.78 is 13.3. The normalized spacial score (nSPS) is 10.3. The van der Waals surface area contributed by atoms with Gasteiger partial charge in [0.15, 0.2) is 5.69 Å². The summed E-state index contributed by atoms with van der Waals surface area (Å²) in [5.74, 6) is -0.520. The Bertz CT molecular complexity index is 651. The molecule has 0 atom stereocenters. The Hall–Kier alpha value is -2.28. The lowest BCUT2D eigenvalue weighted by molar-refractivity contribution is -0.383. The van der Waals surface area contributed by atoms with Gasteiger partial charge in [-0.3, -0.25) is 10.1 Å². The first-order valence-corrected chi connectivity index (χ1v) is 5.55. The molecule has 0 saturated carbocycles. The monoisotopic (exact) mass is 282 g/mol. The number of nitro groups is 1. The molecule has 6 nitrogen and oxygen atoms in total. The van der Waals surface area contributed by atoms with Gasteiger partial charge in [0, 0.05) is 12.6 Å². The van der Waals surface area contributed by atoms with Crippen LogP contribution in [0.3, 0.4) is 0 Å². The van der Waals surface area contributed by atoms with Crippen LogP contribution in [0.5, 0.6) is 0 Å². The predicted octanol–water partition coefficient (Wildman–Crippen LogP) is 2.89. The molecule has 1 aromatic heterocycles. The Morgan fingerprint density at radius 1 is 1.42 bits per heavy atom. The van der Waals surface area contributed by atoms with Crippen LogP contribution < -0.4 is 5.32 Å². The zero-order chi connectivity index (χ0) is 14.0. The number of halogens is 2. The molecule has 2 rings (SSSR count). The molecule has 0 amide bonds. The van der Waals surface area contributed by atoms with Gasteiger partial charge in [0.2, 0.25) is 5.82 Å². The van der Waals surface area contributed by atoms with Gasteiger partial charge in [-0.25, -0.2) is 14.4 Å². The molecule has 2 aromatic rings. The van der Waals surface area contributed by atoms with Crippen molar-refractivity contribution in [3.05, 3.63) is 45.5 Å². The second-order valence-corrected chi connectivity index (χ2v) is 3.96. The number of nitrogens with zero attached hydrogens (tertiary/aromatic N) is 3. The summed E-state index contributed by atoms with van der Waals surface area (Å²) in [5, 5.41) is 13.9. The fourth-order valence-corrected chi connectivity index (χ4v) is 1.82. The number of rotatable bonds is 3. The van der Waals surface area contributed by atoms with Gasteiger partial charge >= 0.3 is 5.69 Å². The Balaban J connectivity index is 2.75. The fraction of sp³-hybridized carbons (Fsp3) is 0.0909. The van der Waals surface area contributed by atoms with Crippen LogP contribution in [-0.2, 0) is 0 Å². The van der Waals surface area contributed by atoms with Crippen molar-refractivity contribution in [1.82, 2.24) is 9.97 Å². The molecule has 8 heteroatoms. The molecule has 19 heavy (non-hydrogen) atoms. The molecule has 1 heterocycles. The van der Waals surface area contributed by atoms with Gasteiger partial charge in [-0.15, -0.1) is 0 Å². The first-order valence-electron chi connectivity index (χ1n) is 5.17. The van der Waals surface area contributed by atoms with Crippen molar-refractivity contribution >= 4 is 23.1 Å². The van der Waals surface area contributed by atoms with Gasteiger partial charge in [0.05, 0.1) is 9.95 Å². The molecule has 0 aliphatic carbocycles. The highest BCUT2D eigenvalue weighted by Gasteiger charge is 2.24. The van der Waals surface area contributed by atoms with E-state index in [9.17, 15) is 14.5 Å². The van der Waals surface area contributed by atoms with Crippen molar-refractivity contribution in [2.75, 3.05) is 12.4 Å². The van der Waals surface area contributed by atoms with Gasteiger partial charge in [-0.1, -0.05) is 11.6 Å². The predicted molar refractivity (Wildman–Crippen MR) is 68.6 cm³/mol. The summed E-state index contributed by atoms with van der Waals surface area (Å²) >= 11 is 5.93. The van der Waals surface area contributed by atoms with E-state index in [1.807, 2.05) is 0 Å². The molecule has 0 aliphatic rings. The molecule has 0 aliphatic heterocycles. The number of hydrogen-bond acceptors (Lipinski definition) is 5. The smallest absolute Gasteiger partial charge is 0.337 e. The number of benzene rings is 1. The third-order valence-electron chi connectivity index (χ3n) is 2.43. The van der Waals surface area contributed by atoms with E-state index < -0.39 is 10.7 Å². The van der Waals surface area contributed by atoms with Crippen LogP contribution in [0.25, 0.3) is 11.3 Å². The van der Waals surface area contributed by atoms with Crippen molar-refractivity contribution < 1.29 is 9.31 Å². The Morgan fingerprint density at radius 3 is 2.79 bits per heavy atom. The van der Waals surface area contributed by atoms with Crippen LogP contribution in [0, 0.1) is 15.9 Å². The molecular weight excluding hydrogens is 275 g/mol. The summed E-state index contributed by atoms with van der Waals surface area (Å²) in [6, 6.07) is 3.58. The highest BCUT2D eigenvalue weighted by atomic mass is 35.5. The van der Waals surface area contributed by atoms with Gasteiger partial charge < -0.3 is 5.32 Å². The lowest BCUT2D eigenvalue weighted by Gasteiger charge is -2.07. The number of nitrogens with one attached hydrogen (secondary N) is 1. The zero-order valence-electron chi connectivity index (χ0n) is 9.72. The first kappa shape index (κ1) is 13.2. The average Bonchev–Trinajstić information content (AvgIpc) is 2.40. The highest BCUT2D eigenvalue weighted by Crippen LogP contribution is 2.36. The van der Waals surface area contributed by atoms with Crippen LogP contribution in [0.15, 0.2) is 24.5 Å². The Kier molecular flexibility index (Phi) is 3.57. The molecule has 0 bridgehead atoms. The van der Waals surface area contributed by atoms with Crippen molar-refractivity contribution in [2.24, 2.45) is 0 Å². The molecule has 0 unspecified atom stereocenters. The van der Waals surface area contributed by atoms with E-state index >= 15 is 0 Å². The molecule has 0 saturated heterocycles. The minimum atomic E-state index is -0.637. The van der Waals surface area contributed by atoms with E-state index in [1.54, 1.807) is 0 Å². The topological polar surface area (TPSA) is 81.0 Å². The van der Waals surface area contributed by atoms with E-state index in [-0.39, 0.29) is 27.8 Å². The minimum Gasteiger partial charge on any atom is -0.367 e. The first-order chi connectivity index (χ1) is 9.04. The van der Waals surface area contributed by atoms with Crippen molar-refractivity contribution in [2.45, 2.75) is 0 Å². The summed E-state index contributed by atoms with van der Waals surface area (Å²) in [6.45, 7) is 0. The fourth-order valence-electron chi connectivity index (χ4n) is 1.61. The largest absolute Gasteiger partial charge is 0.367 e. The van der Waals surface area contributed by atoms with Crippen molar-refractivity contribution in [3.8, 4) is 11.3 Å². The van der Waals surface area contributed by atoms with Gasteiger partial charge in [-0.2, -0.15) is 0 Å². The molecule has 0 spiro atoms. The molecule has 1 N–H and O–H groups in total. The van der Waals surface area contributed by atoms with Crippen molar-refractivity contribution in [1.29, 1.82) is 0 Å². The number of hydrogen-bond donors (Lipinski definition) is 1. The molecular formula is C11H8ClFN4O2. The van der Waals surface area contributed by atoms with E-state index in [2.05, 4.69) is 15.3 Å². The Morgan fingerprint density at radius 2 is 2.16 bits per heavy atom. The maximum atomic E-state index is 13.3. The maximum absolute atomic E-state index is 13.3. The standard InChI is InChI=1S/C11H8ClFN4O2/c1-14-11-10(17(18)19)9(15-5-16-11)7-4-6(13)2-3-8(7)12/h2-5H,1H3,(H,14,15,16). The molecule has 1 aromatic carbocycles. The van der Waals surface area contributed by atoms with Crippen LogP contribution in [0.2, 0.25) is 5.02 Å². The van der Waals surface area contributed by atoms with Crippen LogP contribution in [0.1, 0.15) is 0 Å². The third-order valence-corrected chi connectivity index (χ3v) is 2.75. The van der Waals surface area contributed by atoms with E-state index in [0.717, 1.165) is 18.5 Å². The lowest BCUT2D eigenvalue weighted by atomic mass is 10.1. The second-order valence-electron chi connectivity index (χ2n) is 3.55. The maximum Gasteiger partial charge on any atom is 0.337 e.